The van der Waals surface area contributed by atoms with Crippen LogP contribution in [0.15, 0.2) is 24.3 Å². The van der Waals surface area contributed by atoms with E-state index >= 15 is 0 Å². The number of hydrogen-bond donors (Lipinski definition) is 2. The van der Waals surface area contributed by atoms with E-state index in [1.807, 2.05) is 0 Å². The third-order valence-corrected chi connectivity index (χ3v) is 4.16. The van der Waals surface area contributed by atoms with Crippen molar-refractivity contribution in [2.75, 3.05) is 25.4 Å². The van der Waals surface area contributed by atoms with Crippen molar-refractivity contribution in [1.82, 2.24) is 4.31 Å². The zero-order valence-corrected chi connectivity index (χ0v) is 12.5. The Kier molecular flexibility index (Phi) is 5.68. The normalized spacial score (nSPS) is 11.2. The summed E-state index contributed by atoms with van der Waals surface area (Å²) in [6.07, 6.45) is -0.0603. The summed E-state index contributed by atoms with van der Waals surface area (Å²) in [6.45, 7) is -0.0302. The molecule has 0 aliphatic heterocycles. The molecule has 1 aromatic rings. The maximum absolute atomic E-state index is 12.0. The number of nitrogens with two attached hydrogens (primary N) is 1. The molecular formula is C12H17N3O5S. The van der Waals surface area contributed by atoms with Gasteiger partial charge in [-0.2, -0.15) is 12.7 Å². The molecule has 0 aliphatic carbocycles. The lowest BCUT2D eigenvalue weighted by atomic mass is 10.2. The Hall–Kier alpha value is -2.13. The van der Waals surface area contributed by atoms with Crippen LogP contribution in [0.2, 0.25) is 0 Å². The van der Waals surface area contributed by atoms with Crippen LogP contribution in [0, 0.1) is 0 Å². The monoisotopic (exact) mass is 315 g/mol. The quantitative estimate of drug-likeness (QED) is 0.683. The van der Waals surface area contributed by atoms with E-state index in [-0.39, 0.29) is 24.2 Å². The summed E-state index contributed by atoms with van der Waals surface area (Å²) < 4.78 is 31.8. The number of primary amides is 1. The molecule has 8 nitrogen and oxygen atoms in total. The third-order valence-electron chi connectivity index (χ3n) is 2.66. The standard InChI is InChI=1S/C12H17N3O5S/c1-15(7-6-11(16)20-2)21(18,19)14-10-5-3-4-9(8-10)12(13)17/h3-5,8,14H,6-7H2,1-2H3,(H2,13,17). The zero-order valence-electron chi connectivity index (χ0n) is 11.7. The molecule has 0 saturated carbocycles. The fraction of sp³-hybridized carbons (Fsp3) is 0.333. The number of rotatable bonds is 7. The fourth-order valence-corrected chi connectivity index (χ4v) is 2.35. The van der Waals surface area contributed by atoms with Crippen LogP contribution < -0.4 is 10.5 Å². The van der Waals surface area contributed by atoms with Crippen molar-refractivity contribution in [3.8, 4) is 0 Å². The molecule has 0 spiro atoms. The van der Waals surface area contributed by atoms with Gasteiger partial charge in [-0.05, 0) is 18.2 Å². The summed E-state index contributed by atoms with van der Waals surface area (Å²) >= 11 is 0. The van der Waals surface area contributed by atoms with E-state index in [1.54, 1.807) is 0 Å². The molecule has 0 atom stereocenters. The molecule has 0 bridgehead atoms. The van der Waals surface area contributed by atoms with Crippen LogP contribution in [0.3, 0.4) is 0 Å². The lowest BCUT2D eigenvalue weighted by Gasteiger charge is -2.17. The molecule has 21 heavy (non-hydrogen) atoms. The number of amides is 1. The van der Waals surface area contributed by atoms with Crippen LogP contribution in [-0.4, -0.2) is 45.3 Å². The molecule has 0 fully saturated rings. The Morgan fingerprint density at radius 3 is 2.62 bits per heavy atom. The van der Waals surface area contributed by atoms with Gasteiger partial charge >= 0.3 is 16.2 Å². The van der Waals surface area contributed by atoms with Crippen LogP contribution >= 0.6 is 0 Å². The summed E-state index contributed by atoms with van der Waals surface area (Å²) in [7, 11) is -1.29. The summed E-state index contributed by atoms with van der Waals surface area (Å²) in [5.41, 5.74) is 5.52. The second-order valence-corrected chi connectivity index (χ2v) is 5.98. The molecular weight excluding hydrogens is 298 g/mol. The van der Waals surface area contributed by atoms with E-state index in [2.05, 4.69) is 9.46 Å². The topological polar surface area (TPSA) is 119 Å². The van der Waals surface area contributed by atoms with Crippen molar-refractivity contribution in [1.29, 1.82) is 0 Å². The minimum Gasteiger partial charge on any atom is -0.469 e. The number of carbonyl (C=O) groups is 2. The van der Waals surface area contributed by atoms with E-state index in [0.29, 0.717) is 0 Å². The van der Waals surface area contributed by atoms with Crippen molar-refractivity contribution in [2.24, 2.45) is 5.73 Å². The SMILES string of the molecule is COC(=O)CCN(C)S(=O)(=O)Nc1cccc(C(N)=O)c1. The maximum Gasteiger partial charge on any atom is 0.306 e. The highest BCUT2D eigenvalue weighted by molar-refractivity contribution is 7.90. The highest BCUT2D eigenvalue weighted by atomic mass is 32.2. The average molecular weight is 315 g/mol. The van der Waals surface area contributed by atoms with Gasteiger partial charge in [0.05, 0.1) is 19.2 Å². The smallest absolute Gasteiger partial charge is 0.306 e. The van der Waals surface area contributed by atoms with E-state index in [1.165, 1.54) is 38.4 Å². The first-order valence-electron chi connectivity index (χ1n) is 5.97. The summed E-state index contributed by atoms with van der Waals surface area (Å²) in [4.78, 5) is 22.1. The number of benzene rings is 1. The number of nitrogens with zero attached hydrogens (tertiary/aromatic N) is 1. The number of carbonyl (C=O) groups excluding carboxylic acids is 2. The molecule has 1 rings (SSSR count). The second-order valence-electron chi connectivity index (χ2n) is 4.20. The van der Waals surface area contributed by atoms with Gasteiger partial charge in [-0.25, -0.2) is 0 Å². The largest absolute Gasteiger partial charge is 0.469 e. The second kappa shape index (κ2) is 7.04. The van der Waals surface area contributed by atoms with Crippen LogP contribution in [0.1, 0.15) is 16.8 Å². The first-order chi connectivity index (χ1) is 9.76. The number of esters is 1. The molecule has 1 aromatic carbocycles. The summed E-state index contributed by atoms with van der Waals surface area (Å²) in [5.74, 6) is -1.16. The molecule has 116 valence electrons. The molecule has 0 radical (unpaired) electrons. The predicted molar refractivity (Wildman–Crippen MR) is 76.8 cm³/mol. The summed E-state index contributed by atoms with van der Waals surface area (Å²) in [5, 5.41) is 0. The van der Waals surface area contributed by atoms with E-state index in [4.69, 9.17) is 5.73 Å². The predicted octanol–water partition coefficient (Wildman–Crippen LogP) is -0.0629. The first-order valence-corrected chi connectivity index (χ1v) is 7.41. The number of hydrogen-bond acceptors (Lipinski definition) is 5. The Balaban J connectivity index is 2.77. The van der Waals surface area contributed by atoms with Gasteiger partial charge in [0, 0.05) is 19.2 Å². The molecule has 1 amide bonds. The lowest BCUT2D eigenvalue weighted by Crippen LogP contribution is -2.34. The third kappa shape index (κ3) is 5.04. The molecule has 0 heterocycles. The highest BCUT2D eigenvalue weighted by Crippen LogP contribution is 2.13. The van der Waals surface area contributed by atoms with Crippen LogP contribution in [0.5, 0.6) is 0 Å². The maximum atomic E-state index is 12.0. The number of nitrogens with one attached hydrogen (secondary N) is 1. The van der Waals surface area contributed by atoms with E-state index < -0.39 is 22.1 Å². The van der Waals surface area contributed by atoms with Crippen molar-refractivity contribution < 1.29 is 22.7 Å². The summed E-state index contributed by atoms with van der Waals surface area (Å²) in [6, 6.07) is 5.79. The van der Waals surface area contributed by atoms with Gasteiger partial charge in [-0.15, -0.1) is 0 Å². The molecule has 0 saturated heterocycles. The zero-order chi connectivity index (χ0) is 16.0. The van der Waals surface area contributed by atoms with Gasteiger partial charge in [0.15, 0.2) is 0 Å². The minimum atomic E-state index is -3.84. The molecule has 0 aromatic heterocycles. The Morgan fingerprint density at radius 1 is 1.38 bits per heavy atom. The van der Waals surface area contributed by atoms with Gasteiger partial charge in [0.25, 0.3) is 0 Å². The molecule has 9 heteroatoms. The van der Waals surface area contributed by atoms with Crippen molar-refractivity contribution >= 4 is 27.8 Å². The molecule has 0 unspecified atom stereocenters. The van der Waals surface area contributed by atoms with Crippen molar-refractivity contribution in [3.05, 3.63) is 29.8 Å². The van der Waals surface area contributed by atoms with Gasteiger partial charge in [-0.1, -0.05) is 6.07 Å². The van der Waals surface area contributed by atoms with Crippen LogP contribution in [0.4, 0.5) is 5.69 Å². The van der Waals surface area contributed by atoms with E-state index in [9.17, 15) is 18.0 Å². The van der Waals surface area contributed by atoms with Gasteiger partial charge < -0.3 is 10.5 Å². The van der Waals surface area contributed by atoms with Crippen molar-refractivity contribution in [3.63, 3.8) is 0 Å². The van der Waals surface area contributed by atoms with Gasteiger partial charge in [0.2, 0.25) is 5.91 Å². The molecule has 3 N–H and O–H groups in total. The Morgan fingerprint density at radius 2 is 2.05 bits per heavy atom. The van der Waals surface area contributed by atoms with Crippen LogP contribution in [-0.2, 0) is 19.7 Å². The Bertz CT molecular complexity index is 630. The molecule has 0 aliphatic rings. The number of methoxy groups -OCH3 is 1. The van der Waals surface area contributed by atoms with Crippen molar-refractivity contribution in [2.45, 2.75) is 6.42 Å². The minimum absolute atomic E-state index is 0.0302. The first kappa shape index (κ1) is 16.9. The van der Waals surface area contributed by atoms with Gasteiger partial charge in [-0.3, -0.25) is 14.3 Å². The number of ether oxygens (including phenoxy) is 1. The number of anilines is 1. The van der Waals surface area contributed by atoms with E-state index in [0.717, 1.165) is 4.31 Å². The Labute approximate surface area is 123 Å². The fourth-order valence-electron chi connectivity index (χ4n) is 1.43. The van der Waals surface area contributed by atoms with Crippen LogP contribution in [0.25, 0.3) is 0 Å². The highest BCUT2D eigenvalue weighted by Gasteiger charge is 2.19. The lowest BCUT2D eigenvalue weighted by molar-refractivity contribution is -0.140. The van der Waals surface area contributed by atoms with Gasteiger partial charge in [0.1, 0.15) is 0 Å². The average Bonchev–Trinajstić information content (AvgIpc) is 2.43.